The fraction of sp³-hybridized carbons (Fsp3) is 0.286. The molecule has 1 atom stereocenters. The molecule has 0 aromatic heterocycles. The van der Waals surface area contributed by atoms with Crippen LogP contribution >= 0.6 is 15.9 Å². The van der Waals surface area contributed by atoms with Gasteiger partial charge in [-0.1, -0.05) is 58.4 Å². The second kappa shape index (κ2) is 9.67. The SMILES string of the molecule is O=C(/C=C/c1cccc(Br)c1)N[C@H](CN1CCOCC1)c1ccccc1. The van der Waals surface area contributed by atoms with Gasteiger partial charge in [0, 0.05) is 30.2 Å². The smallest absolute Gasteiger partial charge is 0.244 e. The van der Waals surface area contributed by atoms with Gasteiger partial charge in [-0.15, -0.1) is 0 Å². The fourth-order valence-electron chi connectivity index (χ4n) is 2.96. The molecule has 1 amide bonds. The molecule has 136 valence electrons. The molecule has 1 fully saturated rings. The number of ether oxygens (including phenoxy) is 1. The number of carbonyl (C=O) groups excluding carboxylic acids is 1. The second-order valence-electron chi connectivity index (χ2n) is 6.27. The number of hydrogen-bond acceptors (Lipinski definition) is 3. The van der Waals surface area contributed by atoms with Gasteiger partial charge in [0.05, 0.1) is 19.3 Å². The number of nitrogens with one attached hydrogen (secondary N) is 1. The summed E-state index contributed by atoms with van der Waals surface area (Å²) in [5.41, 5.74) is 2.10. The largest absolute Gasteiger partial charge is 0.379 e. The molecule has 0 saturated carbocycles. The number of morpholine rings is 1. The quantitative estimate of drug-likeness (QED) is 0.733. The Kier molecular flexibility index (Phi) is 7.00. The monoisotopic (exact) mass is 414 g/mol. The third-order valence-corrected chi connectivity index (χ3v) is 4.83. The number of benzene rings is 2. The van der Waals surface area contributed by atoms with Crippen LogP contribution in [-0.4, -0.2) is 43.7 Å². The van der Waals surface area contributed by atoms with E-state index in [1.807, 2.05) is 48.5 Å². The van der Waals surface area contributed by atoms with Crippen LogP contribution in [0.25, 0.3) is 6.08 Å². The van der Waals surface area contributed by atoms with Gasteiger partial charge in [0.2, 0.25) is 5.91 Å². The number of rotatable bonds is 6. The normalized spacial score (nSPS) is 16.5. The highest BCUT2D eigenvalue weighted by molar-refractivity contribution is 9.10. The highest BCUT2D eigenvalue weighted by Crippen LogP contribution is 2.16. The summed E-state index contributed by atoms with van der Waals surface area (Å²) in [5, 5.41) is 3.15. The Balaban J connectivity index is 1.67. The maximum atomic E-state index is 12.5. The second-order valence-corrected chi connectivity index (χ2v) is 7.19. The molecule has 3 rings (SSSR count). The molecule has 2 aromatic rings. The van der Waals surface area contributed by atoms with Gasteiger partial charge in [-0.2, -0.15) is 0 Å². The van der Waals surface area contributed by atoms with Crippen molar-refractivity contribution < 1.29 is 9.53 Å². The minimum absolute atomic E-state index is 0.0473. The lowest BCUT2D eigenvalue weighted by Gasteiger charge is -2.31. The van der Waals surface area contributed by atoms with Crippen molar-refractivity contribution in [1.29, 1.82) is 0 Å². The summed E-state index contributed by atoms with van der Waals surface area (Å²) in [6.45, 7) is 4.07. The van der Waals surface area contributed by atoms with E-state index in [1.54, 1.807) is 6.08 Å². The Morgan fingerprint density at radius 3 is 2.65 bits per heavy atom. The minimum Gasteiger partial charge on any atom is -0.379 e. The molecular weight excluding hydrogens is 392 g/mol. The summed E-state index contributed by atoms with van der Waals surface area (Å²) in [6.07, 6.45) is 3.42. The van der Waals surface area contributed by atoms with Crippen LogP contribution in [0.15, 0.2) is 65.1 Å². The fourth-order valence-corrected chi connectivity index (χ4v) is 3.38. The van der Waals surface area contributed by atoms with Gasteiger partial charge in [-0.3, -0.25) is 9.69 Å². The number of hydrogen-bond donors (Lipinski definition) is 1. The lowest BCUT2D eigenvalue weighted by Crippen LogP contribution is -2.42. The molecule has 0 radical (unpaired) electrons. The summed E-state index contributed by atoms with van der Waals surface area (Å²) in [7, 11) is 0. The summed E-state index contributed by atoms with van der Waals surface area (Å²) in [5.74, 6) is -0.0907. The topological polar surface area (TPSA) is 41.6 Å². The van der Waals surface area contributed by atoms with E-state index in [1.165, 1.54) is 0 Å². The van der Waals surface area contributed by atoms with Crippen molar-refractivity contribution in [2.24, 2.45) is 0 Å². The highest BCUT2D eigenvalue weighted by atomic mass is 79.9. The molecular formula is C21H23BrN2O2. The van der Waals surface area contributed by atoms with Crippen LogP contribution in [0, 0.1) is 0 Å². The third kappa shape index (κ3) is 5.80. The first-order valence-corrected chi connectivity index (χ1v) is 9.59. The van der Waals surface area contributed by atoms with Crippen LogP contribution in [0.1, 0.15) is 17.2 Å². The molecule has 0 unspecified atom stereocenters. The van der Waals surface area contributed by atoms with Crippen molar-refractivity contribution >= 4 is 27.9 Å². The van der Waals surface area contributed by atoms with Gasteiger partial charge in [-0.05, 0) is 29.3 Å². The molecule has 0 aliphatic carbocycles. The predicted molar refractivity (Wildman–Crippen MR) is 108 cm³/mol. The zero-order valence-corrected chi connectivity index (χ0v) is 16.2. The summed E-state index contributed by atoms with van der Waals surface area (Å²) in [4.78, 5) is 14.8. The molecule has 1 saturated heterocycles. The van der Waals surface area contributed by atoms with E-state index in [0.717, 1.165) is 48.4 Å². The van der Waals surface area contributed by atoms with Gasteiger partial charge < -0.3 is 10.1 Å². The summed E-state index contributed by atoms with van der Waals surface area (Å²) < 4.78 is 6.42. The van der Waals surface area contributed by atoms with Crippen molar-refractivity contribution in [3.05, 3.63) is 76.3 Å². The van der Waals surface area contributed by atoms with Crippen LogP contribution in [0.2, 0.25) is 0 Å². The van der Waals surface area contributed by atoms with Crippen molar-refractivity contribution in [2.45, 2.75) is 6.04 Å². The van der Waals surface area contributed by atoms with Crippen molar-refractivity contribution in [1.82, 2.24) is 10.2 Å². The maximum Gasteiger partial charge on any atom is 0.244 e. The van der Waals surface area contributed by atoms with E-state index in [9.17, 15) is 4.79 Å². The van der Waals surface area contributed by atoms with Crippen LogP contribution in [0.5, 0.6) is 0 Å². The summed E-state index contributed by atoms with van der Waals surface area (Å²) >= 11 is 3.45. The number of nitrogens with zero attached hydrogens (tertiary/aromatic N) is 1. The first kappa shape index (κ1) is 18.8. The third-order valence-electron chi connectivity index (χ3n) is 4.34. The van der Waals surface area contributed by atoms with E-state index >= 15 is 0 Å². The molecule has 26 heavy (non-hydrogen) atoms. The van der Waals surface area contributed by atoms with Gasteiger partial charge in [-0.25, -0.2) is 0 Å². The molecule has 2 aromatic carbocycles. The van der Waals surface area contributed by atoms with Crippen LogP contribution < -0.4 is 5.32 Å². The van der Waals surface area contributed by atoms with Crippen molar-refractivity contribution in [2.75, 3.05) is 32.8 Å². The molecule has 1 heterocycles. The zero-order valence-electron chi connectivity index (χ0n) is 14.6. The van der Waals surface area contributed by atoms with Crippen LogP contribution in [0.4, 0.5) is 0 Å². The average Bonchev–Trinajstić information content (AvgIpc) is 2.67. The number of carbonyl (C=O) groups is 1. The molecule has 1 N–H and O–H groups in total. The number of halogens is 1. The predicted octanol–water partition coefficient (Wildman–Crippen LogP) is 3.65. The minimum atomic E-state index is -0.0907. The first-order valence-electron chi connectivity index (χ1n) is 8.80. The van der Waals surface area contributed by atoms with Gasteiger partial charge in [0.25, 0.3) is 0 Å². The lowest BCUT2D eigenvalue weighted by molar-refractivity contribution is -0.117. The molecule has 1 aliphatic heterocycles. The van der Waals surface area contributed by atoms with Gasteiger partial charge >= 0.3 is 0 Å². The molecule has 1 aliphatic rings. The van der Waals surface area contributed by atoms with Crippen molar-refractivity contribution in [3.63, 3.8) is 0 Å². The maximum absolute atomic E-state index is 12.5. The standard InChI is InChI=1S/C21H23BrN2O2/c22-19-8-4-5-17(15-19)9-10-21(25)23-20(18-6-2-1-3-7-18)16-24-11-13-26-14-12-24/h1-10,15,20H,11-14,16H2,(H,23,25)/b10-9+/t20-/m1/s1. The molecule has 5 heteroatoms. The van der Waals surface area contributed by atoms with Crippen molar-refractivity contribution in [3.8, 4) is 0 Å². The molecule has 0 bridgehead atoms. The Hall–Kier alpha value is -1.95. The van der Waals surface area contributed by atoms with E-state index in [2.05, 4.69) is 38.3 Å². The lowest BCUT2D eigenvalue weighted by atomic mass is 10.1. The first-order chi connectivity index (χ1) is 12.7. The Bertz CT molecular complexity index is 743. The van der Waals surface area contributed by atoms with E-state index in [4.69, 9.17) is 4.74 Å². The summed E-state index contributed by atoms with van der Waals surface area (Å²) in [6, 6.07) is 17.9. The molecule has 0 spiro atoms. The number of amides is 1. The van der Waals surface area contributed by atoms with E-state index in [-0.39, 0.29) is 11.9 Å². The Morgan fingerprint density at radius 2 is 1.92 bits per heavy atom. The zero-order chi connectivity index (χ0) is 18.2. The van der Waals surface area contributed by atoms with E-state index < -0.39 is 0 Å². The van der Waals surface area contributed by atoms with Crippen LogP contribution in [0.3, 0.4) is 0 Å². The van der Waals surface area contributed by atoms with Gasteiger partial charge in [0.15, 0.2) is 0 Å². The Labute approximate surface area is 163 Å². The average molecular weight is 415 g/mol. The Morgan fingerprint density at radius 1 is 1.15 bits per heavy atom. The highest BCUT2D eigenvalue weighted by Gasteiger charge is 2.19. The van der Waals surface area contributed by atoms with E-state index in [0.29, 0.717) is 0 Å². The molecule has 4 nitrogen and oxygen atoms in total. The van der Waals surface area contributed by atoms with Crippen LogP contribution in [-0.2, 0) is 9.53 Å². The van der Waals surface area contributed by atoms with Gasteiger partial charge in [0.1, 0.15) is 0 Å².